The molecule has 0 atom stereocenters. The lowest BCUT2D eigenvalue weighted by atomic mass is 9.67. The molecule has 284 valence electrons. The van der Waals surface area contributed by atoms with Crippen LogP contribution in [0.3, 0.4) is 0 Å². The highest BCUT2D eigenvalue weighted by Gasteiger charge is 2.46. The molecule has 0 radical (unpaired) electrons. The zero-order valence-corrected chi connectivity index (χ0v) is 33.3. The van der Waals surface area contributed by atoms with Crippen molar-refractivity contribution in [3.63, 3.8) is 0 Å². The normalized spacial score (nSPS) is 12.7. The molecule has 0 saturated carbocycles. The van der Waals surface area contributed by atoms with E-state index >= 15 is 0 Å². The Morgan fingerprint density at radius 2 is 0.852 bits per heavy atom. The quantitative estimate of drug-likeness (QED) is 0.124. The number of fused-ring (bicyclic) bond motifs is 7. The molecule has 1 aliphatic rings. The second kappa shape index (κ2) is 14.1. The molecule has 0 amide bonds. The van der Waals surface area contributed by atoms with E-state index in [0.29, 0.717) is 5.82 Å². The Morgan fingerprint density at radius 3 is 1.61 bits per heavy atom. The first-order valence-corrected chi connectivity index (χ1v) is 21.0. The molecule has 61 heavy (non-hydrogen) atoms. The van der Waals surface area contributed by atoms with Crippen molar-refractivity contribution in [1.82, 2.24) is 9.97 Å². The van der Waals surface area contributed by atoms with E-state index in [1.54, 1.807) is 0 Å². The van der Waals surface area contributed by atoms with Crippen molar-refractivity contribution in [2.45, 2.75) is 5.41 Å². The van der Waals surface area contributed by atoms with Crippen LogP contribution in [0.1, 0.15) is 22.3 Å². The molecule has 10 aromatic carbocycles. The van der Waals surface area contributed by atoms with Gasteiger partial charge in [0.25, 0.3) is 0 Å². The van der Waals surface area contributed by atoms with Crippen LogP contribution < -0.4 is 0 Å². The van der Waals surface area contributed by atoms with Gasteiger partial charge < -0.3 is 0 Å². The Bertz CT molecular complexity index is 3410. The van der Waals surface area contributed by atoms with Gasteiger partial charge in [0.05, 0.1) is 16.8 Å². The van der Waals surface area contributed by atoms with Gasteiger partial charge in [0.15, 0.2) is 5.82 Å². The predicted molar refractivity (Wildman–Crippen MR) is 254 cm³/mol. The van der Waals surface area contributed by atoms with Crippen LogP contribution in [0.4, 0.5) is 0 Å². The number of benzene rings is 10. The molecule has 1 heterocycles. The van der Waals surface area contributed by atoms with Gasteiger partial charge in [-0.3, -0.25) is 0 Å². The molecular formula is C59H38N2. The van der Waals surface area contributed by atoms with E-state index in [1.165, 1.54) is 65.9 Å². The Kier molecular flexibility index (Phi) is 8.11. The summed E-state index contributed by atoms with van der Waals surface area (Å²) in [7, 11) is 0. The van der Waals surface area contributed by atoms with Gasteiger partial charge in [-0.05, 0) is 95.0 Å². The summed E-state index contributed by atoms with van der Waals surface area (Å²) in [6.07, 6.45) is 0. The van der Waals surface area contributed by atoms with Gasteiger partial charge in [0.1, 0.15) is 0 Å². The Balaban J connectivity index is 1.13. The van der Waals surface area contributed by atoms with Crippen LogP contribution in [0.2, 0.25) is 0 Å². The molecule has 2 nitrogen and oxygen atoms in total. The summed E-state index contributed by atoms with van der Waals surface area (Å²) in [5, 5.41) is 7.18. The summed E-state index contributed by atoms with van der Waals surface area (Å²) in [5.74, 6) is 0.690. The molecule has 0 spiro atoms. The highest BCUT2D eigenvalue weighted by atomic mass is 14.9. The average Bonchev–Trinajstić information content (AvgIpc) is 3.64. The number of nitrogens with zero attached hydrogens (tertiary/aromatic N) is 2. The summed E-state index contributed by atoms with van der Waals surface area (Å²) < 4.78 is 0. The van der Waals surface area contributed by atoms with Crippen molar-refractivity contribution in [3.05, 3.63) is 253 Å². The lowest BCUT2D eigenvalue weighted by Gasteiger charge is -2.34. The predicted octanol–water partition coefficient (Wildman–Crippen LogP) is 15.0. The Hall–Kier alpha value is -7.94. The molecule has 0 saturated heterocycles. The largest absolute Gasteiger partial charge is 0.228 e. The van der Waals surface area contributed by atoms with Gasteiger partial charge in [-0.25, -0.2) is 9.97 Å². The summed E-state index contributed by atoms with van der Waals surface area (Å²) in [4.78, 5) is 11.0. The fraction of sp³-hybridized carbons (Fsp3) is 0.0169. The lowest BCUT2D eigenvalue weighted by Crippen LogP contribution is -2.28. The lowest BCUT2D eigenvalue weighted by molar-refractivity contribution is 0.768. The van der Waals surface area contributed by atoms with Crippen molar-refractivity contribution >= 4 is 32.3 Å². The summed E-state index contributed by atoms with van der Waals surface area (Å²) in [6.45, 7) is 0. The number of hydrogen-bond acceptors (Lipinski definition) is 2. The van der Waals surface area contributed by atoms with Crippen molar-refractivity contribution in [3.8, 4) is 56.2 Å². The Morgan fingerprint density at radius 1 is 0.295 bits per heavy atom. The molecule has 0 bridgehead atoms. The third-order valence-corrected chi connectivity index (χ3v) is 12.8. The Labute approximate surface area is 355 Å². The van der Waals surface area contributed by atoms with Gasteiger partial charge in [0.2, 0.25) is 0 Å². The zero-order chi connectivity index (χ0) is 40.3. The molecule has 1 aliphatic carbocycles. The molecule has 0 N–H and O–H groups in total. The van der Waals surface area contributed by atoms with Crippen LogP contribution in [-0.2, 0) is 5.41 Å². The molecule has 0 unspecified atom stereocenters. The van der Waals surface area contributed by atoms with Gasteiger partial charge in [-0.1, -0.05) is 212 Å². The van der Waals surface area contributed by atoms with Crippen LogP contribution in [0.15, 0.2) is 231 Å². The first kappa shape index (κ1) is 35.0. The maximum atomic E-state index is 5.50. The number of hydrogen-bond donors (Lipinski definition) is 0. The minimum absolute atomic E-state index is 0.524. The van der Waals surface area contributed by atoms with Gasteiger partial charge in [0, 0.05) is 16.7 Å². The highest BCUT2D eigenvalue weighted by molar-refractivity contribution is 6.19. The van der Waals surface area contributed by atoms with Crippen LogP contribution in [0.5, 0.6) is 0 Å². The van der Waals surface area contributed by atoms with Gasteiger partial charge in [-0.15, -0.1) is 0 Å². The van der Waals surface area contributed by atoms with Crippen LogP contribution in [-0.4, -0.2) is 9.97 Å². The van der Waals surface area contributed by atoms with Crippen molar-refractivity contribution in [2.24, 2.45) is 0 Å². The average molecular weight is 775 g/mol. The van der Waals surface area contributed by atoms with Gasteiger partial charge in [-0.2, -0.15) is 0 Å². The summed E-state index contributed by atoms with van der Waals surface area (Å²) in [6, 6.07) is 83.5. The van der Waals surface area contributed by atoms with Gasteiger partial charge >= 0.3 is 0 Å². The molecule has 0 aliphatic heterocycles. The number of rotatable bonds is 6. The molecule has 0 fully saturated rings. The van der Waals surface area contributed by atoms with Crippen LogP contribution in [0, 0.1) is 0 Å². The minimum atomic E-state index is -0.524. The standard InChI is InChI=1S/C59H38N2/c1-4-16-39(17-5-1)40-28-30-42(31-29-40)58-60-55(38-56(61-58)57-48-25-13-11-19-43(48)36-52-47-24-12-10-18-41(47)32-35-51(52)57)44-33-34-50-49-26-14-15-27-53(49)59(54(50)37-44,45-20-6-2-7-21-45)46-22-8-3-9-23-46/h1-38H. The van der Waals surface area contributed by atoms with E-state index in [0.717, 1.165) is 39.0 Å². The summed E-state index contributed by atoms with van der Waals surface area (Å²) in [5.41, 5.74) is 14.2. The first-order chi connectivity index (χ1) is 30.2. The highest BCUT2D eigenvalue weighted by Crippen LogP contribution is 2.56. The van der Waals surface area contributed by atoms with E-state index in [9.17, 15) is 0 Å². The molecule has 2 heteroatoms. The fourth-order valence-electron chi connectivity index (χ4n) is 9.99. The van der Waals surface area contributed by atoms with Crippen molar-refractivity contribution in [1.29, 1.82) is 0 Å². The fourth-order valence-corrected chi connectivity index (χ4v) is 9.99. The molecule has 11 aromatic rings. The van der Waals surface area contributed by atoms with E-state index in [-0.39, 0.29) is 0 Å². The summed E-state index contributed by atoms with van der Waals surface area (Å²) >= 11 is 0. The third-order valence-electron chi connectivity index (χ3n) is 12.8. The molecule has 1 aromatic heterocycles. The van der Waals surface area contributed by atoms with E-state index in [1.807, 2.05) is 0 Å². The van der Waals surface area contributed by atoms with E-state index in [2.05, 4.69) is 231 Å². The number of aromatic nitrogens is 2. The monoisotopic (exact) mass is 774 g/mol. The zero-order valence-electron chi connectivity index (χ0n) is 33.3. The van der Waals surface area contributed by atoms with Crippen LogP contribution >= 0.6 is 0 Å². The maximum Gasteiger partial charge on any atom is 0.160 e. The van der Waals surface area contributed by atoms with E-state index < -0.39 is 5.41 Å². The van der Waals surface area contributed by atoms with E-state index in [4.69, 9.17) is 9.97 Å². The smallest absolute Gasteiger partial charge is 0.160 e. The second-order valence-corrected chi connectivity index (χ2v) is 16.0. The molecule has 12 rings (SSSR count). The third kappa shape index (κ3) is 5.57. The minimum Gasteiger partial charge on any atom is -0.228 e. The maximum absolute atomic E-state index is 5.50. The molecular weight excluding hydrogens is 737 g/mol. The first-order valence-electron chi connectivity index (χ1n) is 21.0. The van der Waals surface area contributed by atoms with Crippen molar-refractivity contribution in [2.75, 3.05) is 0 Å². The second-order valence-electron chi connectivity index (χ2n) is 16.0. The van der Waals surface area contributed by atoms with Crippen molar-refractivity contribution < 1.29 is 0 Å². The van der Waals surface area contributed by atoms with Crippen LogP contribution in [0.25, 0.3) is 88.5 Å². The SMILES string of the molecule is c1ccc(-c2ccc(-c3nc(-c4ccc5c(c4)C(c4ccccc4)(c4ccccc4)c4ccccc4-5)cc(-c4c5ccccc5cc5c4ccc4ccccc45)n3)cc2)cc1. The topological polar surface area (TPSA) is 25.8 Å².